The summed E-state index contributed by atoms with van der Waals surface area (Å²) in [5, 5.41) is 5.13. The number of hydrogen-bond donors (Lipinski definition) is 1. The zero-order valence-electron chi connectivity index (χ0n) is 28.4. The van der Waals surface area contributed by atoms with Crippen molar-refractivity contribution in [1.82, 2.24) is 20.3 Å². The van der Waals surface area contributed by atoms with Gasteiger partial charge in [-0.1, -0.05) is 71.7 Å². The van der Waals surface area contributed by atoms with E-state index in [-0.39, 0.29) is 53.2 Å². The molecule has 2 aromatic carbocycles. The van der Waals surface area contributed by atoms with Crippen LogP contribution in [-0.2, 0) is 4.74 Å². The molecule has 5 heterocycles. The van der Waals surface area contributed by atoms with Crippen LogP contribution in [0.4, 0.5) is 14.6 Å². The first-order valence-corrected chi connectivity index (χ1v) is 19.1. The monoisotopic (exact) mass is 669 g/mol. The summed E-state index contributed by atoms with van der Waals surface area (Å²) < 4.78 is 44.4. The molecule has 1 N–H and O–H groups in total. The normalized spacial score (nSPS) is 20.2. The quantitative estimate of drug-likeness (QED) is 0.136. The van der Waals surface area contributed by atoms with Gasteiger partial charge in [0.15, 0.2) is 5.82 Å². The fraction of sp³-hybridized carbons (Fsp3) is 0.459. The lowest BCUT2D eigenvalue weighted by atomic mass is 9.96. The van der Waals surface area contributed by atoms with E-state index in [0.29, 0.717) is 50.7 Å². The highest BCUT2D eigenvalue weighted by Gasteiger charge is 2.45. The number of rotatable bonds is 5. The van der Waals surface area contributed by atoms with E-state index < -0.39 is 25.7 Å². The summed E-state index contributed by atoms with van der Waals surface area (Å²) in [4.78, 5) is 28.7. The number of carbonyl (C=O) groups excluding carboxylic acids is 1. The number of carbonyl (C=O) groups is 1. The molecule has 8 nitrogen and oxygen atoms in total. The molecule has 4 aromatic rings. The zero-order valence-corrected chi connectivity index (χ0v) is 29.4. The first-order valence-electron chi connectivity index (χ1n) is 16.9. The third-order valence-corrected chi connectivity index (χ3v) is 17.1. The number of fused-ring (bicyclic) bond motifs is 6. The fourth-order valence-corrected chi connectivity index (χ4v) is 13.8. The minimum Gasteiger partial charge on any atom is -0.475 e. The van der Waals surface area contributed by atoms with Crippen LogP contribution in [-0.4, -0.2) is 67.4 Å². The van der Waals surface area contributed by atoms with Crippen molar-refractivity contribution in [2.45, 2.75) is 89.1 Å². The average molecular weight is 670 g/mol. The molecule has 2 fully saturated rings. The van der Waals surface area contributed by atoms with Crippen LogP contribution in [0.2, 0.25) is 16.6 Å². The molecule has 48 heavy (non-hydrogen) atoms. The maximum Gasteiger partial charge on any atom is 0.376 e. The van der Waals surface area contributed by atoms with Crippen molar-refractivity contribution < 1.29 is 23.0 Å². The van der Waals surface area contributed by atoms with Crippen molar-refractivity contribution >= 4 is 41.5 Å². The smallest absolute Gasteiger partial charge is 0.376 e. The molecule has 2 bridgehead atoms. The molecule has 250 valence electrons. The van der Waals surface area contributed by atoms with Gasteiger partial charge in [0, 0.05) is 29.6 Å². The second-order valence-electron chi connectivity index (χ2n) is 14.2. The summed E-state index contributed by atoms with van der Waals surface area (Å²) in [7, 11) is -0.990. The van der Waals surface area contributed by atoms with Crippen LogP contribution in [0.3, 0.4) is 0 Å². The second kappa shape index (κ2) is 12.1. The molecule has 3 aliphatic rings. The highest BCUT2D eigenvalue weighted by molar-refractivity contribution is 6.90. The lowest BCUT2D eigenvalue weighted by Crippen LogP contribution is -2.60. The molecule has 0 saturated carbocycles. The Balaban J connectivity index is 1.50. The number of methoxy groups -OCH3 is 1. The third kappa shape index (κ3) is 4.95. The number of hydrogen-bond acceptors (Lipinski definition) is 8. The standard InChI is InChI=1S/C37H41F2N5O3Si/c1-19(2)48(20(3)4,21(5)6)16-15-24-26(38)13-11-22-9-8-10-25(29(22)24)32-31(39)33-30-35(43-34(41-33)37(45)46-7)44-17-23-12-14-27(40-23)28(44)18-47-36(30)42-32/h8-11,13,19-21,23,27-28,40H,12,14,17-18H2,1-7H3/t23-,27+,28+/m0/s1. The summed E-state index contributed by atoms with van der Waals surface area (Å²) in [5.41, 5.74) is 5.11. The molecular weight excluding hydrogens is 629 g/mol. The second-order valence-corrected chi connectivity index (χ2v) is 19.8. The van der Waals surface area contributed by atoms with Crippen LogP contribution >= 0.6 is 0 Å². The number of ether oxygens (including phenoxy) is 2. The van der Waals surface area contributed by atoms with Gasteiger partial charge in [-0.3, -0.25) is 0 Å². The van der Waals surface area contributed by atoms with Gasteiger partial charge in [0.1, 0.15) is 42.9 Å². The first kappa shape index (κ1) is 32.4. The number of pyridine rings is 1. The third-order valence-electron chi connectivity index (χ3n) is 10.8. The number of anilines is 1. The maximum absolute atomic E-state index is 17.1. The topological polar surface area (TPSA) is 89.5 Å². The molecule has 2 saturated heterocycles. The molecule has 11 heteroatoms. The van der Waals surface area contributed by atoms with Crippen molar-refractivity contribution in [2.75, 3.05) is 25.2 Å². The Kier molecular flexibility index (Phi) is 8.15. The highest BCUT2D eigenvalue weighted by Crippen LogP contribution is 2.44. The number of halogens is 2. The largest absolute Gasteiger partial charge is 0.475 e. The van der Waals surface area contributed by atoms with Gasteiger partial charge in [0.25, 0.3) is 0 Å². The number of esters is 1. The van der Waals surface area contributed by atoms with E-state index in [4.69, 9.17) is 14.5 Å². The van der Waals surface area contributed by atoms with Crippen LogP contribution in [0, 0.1) is 23.1 Å². The Morgan fingerprint density at radius 3 is 2.48 bits per heavy atom. The van der Waals surface area contributed by atoms with E-state index in [1.165, 1.54) is 13.2 Å². The molecule has 0 aliphatic carbocycles. The zero-order chi connectivity index (χ0) is 34.1. The number of nitrogens with one attached hydrogen (secondary N) is 1. The Morgan fingerprint density at radius 1 is 1.02 bits per heavy atom. The summed E-state index contributed by atoms with van der Waals surface area (Å²) in [6.45, 7) is 14.2. The van der Waals surface area contributed by atoms with Crippen LogP contribution in [0.15, 0.2) is 30.3 Å². The molecule has 0 spiro atoms. The molecule has 0 amide bonds. The lowest BCUT2D eigenvalue weighted by Gasteiger charge is -2.40. The van der Waals surface area contributed by atoms with E-state index in [1.54, 1.807) is 18.2 Å². The highest BCUT2D eigenvalue weighted by atomic mass is 28.3. The Labute approximate surface area is 280 Å². The van der Waals surface area contributed by atoms with Crippen molar-refractivity contribution in [2.24, 2.45) is 0 Å². The fourth-order valence-electron chi connectivity index (χ4n) is 8.58. The van der Waals surface area contributed by atoms with E-state index in [1.807, 2.05) is 6.07 Å². The Bertz CT molecular complexity index is 2000. The lowest BCUT2D eigenvalue weighted by molar-refractivity contribution is 0.0587. The Morgan fingerprint density at radius 2 is 1.77 bits per heavy atom. The number of piperazine rings is 1. The molecule has 2 aromatic heterocycles. The van der Waals surface area contributed by atoms with Crippen molar-refractivity contribution in [3.63, 3.8) is 0 Å². The van der Waals surface area contributed by atoms with Crippen LogP contribution in [0.1, 0.15) is 70.6 Å². The van der Waals surface area contributed by atoms with Gasteiger partial charge in [-0.2, -0.15) is 0 Å². The molecular formula is C37H41F2N5O3Si. The van der Waals surface area contributed by atoms with Gasteiger partial charge in [-0.15, -0.1) is 5.54 Å². The molecule has 7 rings (SSSR count). The number of aromatic nitrogens is 3. The van der Waals surface area contributed by atoms with Gasteiger partial charge < -0.3 is 19.7 Å². The van der Waals surface area contributed by atoms with Crippen LogP contribution in [0.5, 0.6) is 5.88 Å². The van der Waals surface area contributed by atoms with E-state index in [2.05, 4.69) is 73.2 Å². The average Bonchev–Trinajstić information content (AvgIpc) is 3.37. The van der Waals surface area contributed by atoms with Gasteiger partial charge in [-0.25, -0.2) is 28.5 Å². The summed E-state index contributed by atoms with van der Waals surface area (Å²) in [6, 6.07) is 8.76. The van der Waals surface area contributed by atoms with Crippen molar-refractivity contribution in [3.05, 3.63) is 53.4 Å². The summed E-state index contributed by atoms with van der Waals surface area (Å²) in [5.74, 6) is 1.62. The van der Waals surface area contributed by atoms with E-state index in [0.717, 1.165) is 12.8 Å². The van der Waals surface area contributed by atoms with E-state index >= 15 is 8.78 Å². The van der Waals surface area contributed by atoms with Gasteiger partial charge in [-0.05, 0) is 40.9 Å². The minimum absolute atomic E-state index is 0.0585. The van der Waals surface area contributed by atoms with Crippen LogP contribution < -0.4 is 15.0 Å². The maximum atomic E-state index is 17.1. The van der Waals surface area contributed by atoms with Crippen LogP contribution in [0.25, 0.3) is 32.9 Å². The molecule has 0 unspecified atom stereocenters. The van der Waals surface area contributed by atoms with Gasteiger partial charge in [0.05, 0.1) is 18.7 Å². The predicted molar refractivity (Wildman–Crippen MR) is 186 cm³/mol. The SMILES string of the molecule is COC(=O)c1nc2c3c(nc(-c4cccc5ccc(F)c(C#C[Si](C(C)C)(C(C)C)C(C)C)c45)c(F)c3n1)OC[C@@H]1[C@H]3CC[C@@H](CN21)N3. The summed E-state index contributed by atoms with van der Waals surface area (Å²) >= 11 is 0. The van der Waals surface area contributed by atoms with Crippen molar-refractivity contribution in [1.29, 1.82) is 0 Å². The Hall–Kier alpha value is -4.14. The molecule has 3 atom stereocenters. The minimum atomic E-state index is -2.23. The predicted octanol–water partition coefficient (Wildman–Crippen LogP) is 7.18. The van der Waals surface area contributed by atoms with Crippen molar-refractivity contribution in [3.8, 4) is 28.6 Å². The number of nitrogens with zero attached hydrogens (tertiary/aromatic N) is 4. The number of benzene rings is 2. The van der Waals surface area contributed by atoms with Gasteiger partial charge in [0.2, 0.25) is 11.7 Å². The summed E-state index contributed by atoms with van der Waals surface area (Å²) in [6.07, 6.45) is 1.97. The van der Waals surface area contributed by atoms with Gasteiger partial charge >= 0.3 is 5.97 Å². The first-order chi connectivity index (χ1) is 23.0. The van der Waals surface area contributed by atoms with E-state index in [9.17, 15) is 4.79 Å². The molecule has 3 aliphatic heterocycles. The molecule has 0 radical (unpaired) electrons.